The number of nitriles is 1. The van der Waals surface area contributed by atoms with Gasteiger partial charge in [-0.05, 0) is 42.7 Å². The van der Waals surface area contributed by atoms with Crippen molar-refractivity contribution in [3.63, 3.8) is 0 Å². The molecule has 1 aliphatic carbocycles. The highest BCUT2D eigenvalue weighted by Crippen LogP contribution is 2.52. The Morgan fingerprint density at radius 2 is 1.74 bits per heavy atom. The Bertz CT molecular complexity index is 1500. The molecular weight excluding hydrogens is 492 g/mol. The average Bonchev–Trinajstić information content (AvgIpc) is 3.62. The molecule has 1 aromatic carbocycles. The van der Waals surface area contributed by atoms with Crippen molar-refractivity contribution in [1.82, 2.24) is 14.9 Å². The van der Waals surface area contributed by atoms with Gasteiger partial charge >= 0.3 is 5.97 Å². The van der Waals surface area contributed by atoms with Crippen LogP contribution in [0.4, 0.5) is 11.5 Å². The summed E-state index contributed by atoms with van der Waals surface area (Å²) >= 11 is 0. The van der Waals surface area contributed by atoms with E-state index < -0.39 is 11.0 Å². The summed E-state index contributed by atoms with van der Waals surface area (Å²) in [5.74, 6) is 0.638. The first-order valence-electron chi connectivity index (χ1n) is 13.5. The maximum atomic E-state index is 13.8. The summed E-state index contributed by atoms with van der Waals surface area (Å²) in [6, 6.07) is 15.9. The number of nitrogens with zero attached hydrogens (tertiary/aromatic N) is 6. The van der Waals surface area contributed by atoms with Gasteiger partial charge in [-0.2, -0.15) is 5.26 Å². The third kappa shape index (κ3) is 3.74. The molecule has 3 aromatic rings. The first-order valence-corrected chi connectivity index (χ1v) is 13.5. The molecule has 0 radical (unpaired) electrons. The summed E-state index contributed by atoms with van der Waals surface area (Å²) in [5.41, 5.74) is 2.66. The number of para-hydroxylation sites is 1. The van der Waals surface area contributed by atoms with Crippen molar-refractivity contribution >= 4 is 23.4 Å². The van der Waals surface area contributed by atoms with Gasteiger partial charge in [0.2, 0.25) is 5.91 Å². The highest BCUT2D eigenvalue weighted by Gasteiger charge is 2.58. The summed E-state index contributed by atoms with van der Waals surface area (Å²) < 4.78 is 5.82. The number of rotatable bonds is 4. The van der Waals surface area contributed by atoms with Gasteiger partial charge in [-0.3, -0.25) is 9.78 Å². The second kappa shape index (κ2) is 8.80. The predicted octanol–water partition coefficient (Wildman–Crippen LogP) is 3.00. The second-order valence-electron chi connectivity index (χ2n) is 10.9. The van der Waals surface area contributed by atoms with E-state index in [1.807, 2.05) is 53.6 Å². The number of hydrogen-bond acceptors (Lipinski definition) is 8. The molecule has 2 saturated heterocycles. The molecule has 0 bridgehead atoms. The van der Waals surface area contributed by atoms with E-state index in [4.69, 9.17) is 9.72 Å². The number of hydrogen-bond donors (Lipinski definition) is 0. The van der Waals surface area contributed by atoms with E-state index in [0.717, 1.165) is 61.7 Å². The van der Waals surface area contributed by atoms with Crippen molar-refractivity contribution in [1.29, 1.82) is 5.26 Å². The van der Waals surface area contributed by atoms with Crippen LogP contribution < -0.4 is 9.80 Å². The summed E-state index contributed by atoms with van der Waals surface area (Å²) in [6.45, 7) is 4.17. The molecule has 4 aliphatic rings. The first-order chi connectivity index (χ1) is 19.0. The summed E-state index contributed by atoms with van der Waals surface area (Å²) in [7, 11) is 0. The number of piperazine rings is 1. The fourth-order valence-corrected chi connectivity index (χ4v) is 6.43. The molecule has 196 valence electrons. The highest BCUT2D eigenvalue weighted by atomic mass is 16.6. The van der Waals surface area contributed by atoms with Gasteiger partial charge in [0.1, 0.15) is 11.9 Å². The summed E-state index contributed by atoms with van der Waals surface area (Å²) in [5, 5.41) is 9.44. The van der Waals surface area contributed by atoms with Gasteiger partial charge in [0.05, 0.1) is 28.8 Å². The number of carbonyl (C=O) groups excluding carboxylic acids is 2. The quantitative estimate of drug-likeness (QED) is 0.484. The van der Waals surface area contributed by atoms with Crippen LogP contribution in [-0.4, -0.2) is 66.0 Å². The Kier molecular flexibility index (Phi) is 5.34. The molecule has 1 amide bonds. The van der Waals surface area contributed by atoms with E-state index in [1.54, 1.807) is 12.4 Å². The zero-order valence-corrected chi connectivity index (χ0v) is 21.5. The molecule has 3 fully saturated rings. The van der Waals surface area contributed by atoms with Crippen molar-refractivity contribution in [3.8, 4) is 6.07 Å². The van der Waals surface area contributed by atoms with Gasteiger partial charge < -0.3 is 19.4 Å². The number of likely N-dealkylation sites (tertiary alicyclic amines) is 1. The number of ether oxygens (including phenoxy) is 1. The topological polar surface area (TPSA) is 103 Å². The van der Waals surface area contributed by atoms with Gasteiger partial charge in [0.25, 0.3) is 0 Å². The van der Waals surface area contributed by atoms with Crippen LogP contribution in [-0.2, 0) is 20.5 Å². The third-order valence-electron chi connectivity index (χ3n) is 8.77. The smallest absolute Gasteiger partial charge is 0.341 e. The summed E-state index contributed by atoms with van der Waals surface area (Å²) in [4.78, 5) is 41.4. The SMILES string of the molecule is N#Cc1ccccc1N1CCN(c2ccc(C3(C(=O)N4CCC5(C4)OC(=O)c4cnccc45)CC3)cn2)CC1. The average molecular weight is 521 g/mol. The van der Waals surface area contributed by atoms with Crippen LogP contribution in [0.15, 0.2) is 61.1 Å². The number of benzene rings is 1. The molecule has 9 heteroatoms. The van der Waals surface area contributed by atoms with Crippen LogP contribution >= 0.6 is 0 Å². The lowest BCUT2D eigenvalue weighted by Crippen LogP contribution is -2.47. The molecule has 2 aromatic heterocycles. The molecule has 7 rings (SSSR count). The van der Waals surface area contributed by atoms with E-state index in [1.165, 1.54) is 0 Å². The maximum absolute atomic E-state index is 13.8. The molecule has 1 atom stereocenters. The van der Waals surface area contributed by atoms with Gasteiger partial charge in [0.15, 0.2) is 5.60 Å². The minimum absolute atomic E-state index is 0.0947. The molecule has 5 heterocycles. The number of carbonyl (C=O) groups is 2. The number of fused-ring (bicyclic) bond motifs is 2. The molecule has 0 N–H and O–H groups in total. The number of amides is 1. The van der Waals surface area contributed by atoms with Crippen LogP contribution in [0.2, 0.25) is 0 Å². The lowest BCUT2D eigenvalue weighted by Gasteiger charge is -2.37. The monoisotopic (exact) mass is 520 g/mol. The van der Waals surface area contributed by atoms with E-state index in [0.29, 0.717) is 30.6 Å². The standard InChI is InChI=1S/C30H28N6O3/c31-17-21-3-1-2-4-25(21)34-13-15-35(16-14-34)26-6-5-22(18-33-26)29(8-9-29)28(38)36-12-10-30(20-36)24-7-11-32-19-23(24)27(37)39-30/h1-7,11,18-19H,8-10,12-16,20H2. The normalized spacial score (nSPS) is 22.9. The number of aromatic nitrogens is 2. The largest absolute Gasteiger partial charge is 0.449 e. The molecule has 1 saturated carbocycles. The molecule has 9 nitrogen and oxygen atoms in total. The Hall–Kier alpha value is -4.45. The second-order valence-corrected chi connectivity index (χ2v) is 10.9. The van der Waals surface area contributed by atoms with Gasteiger partial charge in [-0.25, -0.2) is 9.78 Å². The highest BCUT2D eigenvalue weighted by molar-refractivity contribution is 5.95. The molecule has 1 spiro atoms. The van der Waals surface area contributed by atoms with Crippen molar-refractivity contribution in [2.24, 2.45) is 0 Å². The Balaban J connectivity index is 1.03. The Morgan fingerprint density at radius 3 is 2.49 bits per heavy atom. The Morgan fingerprint density at radius 1 is 0.949 bits per heavy atom. The molecular formula is C30H28N6O3. The van der Waals surface area contributed by atoms with Crippen molar-refractivity contribution in [2.45, 2.75) is 30.3 Å². The van der Waals surface area contributed by atoms with Crippen LogP contribution in [0.1, 0.15) is 46.3 Å². The van der Waals surface area contributed by atoms with E-state index in [9.17, 15) is 14.9 Å². The summed E-state index contributed by atoms with van der Waals surface area (Å²) in [6.07, 6.45) is 7.28. The van der Waals surface area contributed by atoms with Crippen LogP contribution in [0, 0.1) is 11.3 Å². The van der Waals surface area contributed by atoms with Crippen LogP contribution in [0.3, 0.4) is 0 Å². The van der Waals surface area contributed by atoms with Crippen molar-refractivity contribution in [2.75, 3.05) is 49.1 Å². The van der Waals surface area contributed by atoms with Crippen LogP contribution in [0.5, 0.6) is 0 Å². The first kappa shape index (κ1) is 23.7. The minimum Gasteiger partial charge on any atom is -0.449 e. The lowest BCUT2D eigenvalue weighted by molar-refractivity contribution is -0.134. The van der Waals surface area contributed by atoms with Crippen molar-refractivity contribution in [3.05, 3.63) is 83.3 Å². The zero-order chi connectivity index (χ0) is 26.6. The van der Waals surface area contributed by atoms with E-state index in [-0.39, 0.29) is 11.9 Å². The van der Waals surface area contributed by atoms with Crippen LogP contribution in [0.25, 0.3) is 0 Å². The fraction of sp³-hybridized carbons (Fsp3) is 0.367. The number of pyridine rings is 2. The van der Waals surface area contributed by atoms with Gasteiger partial charge in [0, 0.05) is 63.3 Å². The maximum Gasteiger partial charge on any atom is 0.341 e. The van der Waals surface area contributed by atoms with Gasteiger partial charge in [-0.1, -0.05) is 18.2 Å². The molecule has 3 aliphatic heterocycles. The molecule has 39 heavy (non-hydrogen) atoms. The van der Waals surface area contributed by atoms with E-state index >= 15 is 0 Å². The minimum atomic E-state index is -0.765. The zero-order valence-electron chi connectivity index (χ0n) is 21.5. The van der Waals surface area contributed by atoms with Gasteiger partial charge in [-0.15, -0.1) is 0 Å². The van der Waals surface area contributed by atoms with Crippen molar-refractivity contribution < 1.29 is 14.3 Å². The number of anilines is 2. The fourth-order valence-electron chi connectivity index (χ4n) is 6.43. The predicted molar refractivity (Wildman–Crippen MR) is 143 cm³/mol. The lowest BCUT2D eigenvalue weighted by atomic mass is 9.92. The number of esters is 1. The molecule has 1 unspecified atom stereocenters. The Labute approximate surface area is 226 Å². The third-order valence-corrected chi connectivity index (χ3v) is 8.77. The van der Waals surface area contributed by atoms with E-state index in [2.05, 4.69) is 20.9 Å².